The highest BCUT2D eigenvalue weighted by atomic mass is 35.5. The van der Waals surface area contributed by atoms with E-state index in [0.29, 0.717) is 23.2 Å². The lowest BCUT2D eigenvalue weighted by Crippen LogP contribution is -2.42. The fraction of sp³-hybridized carbons (Fsp3) is 0.765. The molecule has 1 saturated heterocycles. The number of amides is 1. The Morgan fingerprint density at radius 2 is 2.25 bits per heavy atom. The van der Waals surface area contributed by atoms with Gasteiger partial charge >= 0.3 is 0 Å². The summed E-state index contributed by atoms with van der Waals surface area (Å²) in [6, 6.07) is 0.198. The van der Waals surface area contributed by atoms with Crippen LogP contribution in [-0.4, -0.2) is 60.0 Å². The highest BCUT2D eigenvalue weighted by molar-refractivity contribution is 6.33. The largest absolute Gasteiger partial charge is 0.385 e. The summed E-state index contributed by atoms with van der Waals surface area (Å²) in [7, 11) is 1.74. The molecular formula is C17H27ClN4O2. The minimum absolute atomic E-state index is 0.103. The number of hydrogen-bond donors (Lipinski definition) is 1. The Bertz CT molecular complexity index is 573. The lowest BCUT2D eigenvalue weighted by Gasteiger charge is -2.20. The number of halogens is 1. The minimum Gasteiger partial charge on any atom is -0.385 e. The van der Waals surface area contributed by atoms with E-state index in [9.17, 15) is 4.79 Å². The first-order valence-electron chi connectivity index (χ1n) is 8.87. The first-order valence-corrected chi connectivity index (χ1v) is 9.25. The number of aromatic nitrogens is 2. The Kier molecular flexibility index (Phi) is 5.79. The van der Waals surface area contributed by atoms with E-state index in [-0.39, 0.29) is 11.9 Å². The molecule has 1 saturated carbocycles. The van der Waals surface area contributed by atoms with Crippen molar-refractivity contribution in [1.29, 1.82) is 0 Å². The van der Waals surface area contributed by atoms with Crippen molar-refractivity contribution in [2.75, 3.05) is 33.4 Å². The number of methoxy groups -OCH3 is 1. The predicted octanol–water partition coefficient (Wildman–Crippen LogP) is 2.03. The molecule has 0 spiro atoms. The van der Waals surface area contributed by atoms with Crippen molar-refractivity contribution in [3.05, 3.63) is 16.9 Å². The van der Waals surface area contributed by atoms with Gasteiger partial charge in [-0.05, 0) is 38.0 Å². The van der Waals surface area contributed by atoms with Crippen LogP contribution in [0.15, 0.2) is 6.20 Å². The highest BCUT2D eigenvalue weighted by Gasteiger charge is 2.43. The number of hydrogen-bond acceptors (Lipinski definition) is 4. The molecule has 1 aromatic heterocycles. The van der Waals surface area contributed by atoms with Gasteiger partial charge < -0.3 is 15.0 Å². The zero-order chi connectivity index (χ0) is 17.1. The molecule has 2 heterocycles. The van der Waals surface area contributed by atoms with Crippen LogP contribution in [0.5, 0.6) is 0 Å². The zero-order valence-corrected chi connectivity index (χ0v) is 15.3. The summed E-state index contributed by atoms with van der Waals surface area (Å²) < 4.78 is 6.81. The van der Waals surface area contributed by atoms with Crippen LogP contribution in [0.25, 0.3) is 0 Å². The van der Waals surface area contributed by atoms with Gasteiger partial charge in [0, 0.05) is 45.9 Å². The van der Waals surface area contributed by atoms with Crippen LogP contribution in [0.4, 0.5) is 0 Å². The molecular weight excluding hydrogens is 328 g/mol. The quantitative estimate of drug-likeness (QED) is 0.726. The van der Waals surface area contributed by atoms with Crippen molar-refractivity contribution >= 4 is 17.5 Å². The Morgan fingerprint density at radius 1 is 1.46 bits per heavy atom. The molecule has 2 fully saturated rings. The maximum atomic E-state index is 12.7. The van der Waals surface area contributed by atoms with Crippen LogP contribution < -0.4 is 5.32 Å². The predicted molar refractivity (Wildman–Crippen MR) is 93.3 cm³/mol. The van der Waals surface area contributed by atoms with Crippen LogP contribution in [0.1, 0.15) is 36.7 Å². The topological polar surface area (TPSA) is 59.4 Å². The number of likely N-dealkylation sites (tertiary alicyclic amines) is 1. The van der Waals surface area contributed by atoms with Gasteiger partial charge in [-0.3, -0.25) is 9.48 Å². The van der Waals surface area contributed by atoms with Gasteiger partial charge in [-0.2, -0.15) is 5.10 Å². The van der Waals surface area contributed by atoms with E-state index < -0.39 is 0 Å². The van der Waals surface area contributed by atoms with Crippen molar-refractivity contribution in [3.8, 4) is 0 Å². The molecule has 24 heavy (non-hydrogen) atoms. The summed E-state index contributed by atoms with van der Waals surface area (Å²) >= 11 is 6.16. The SMILES string of the molecule is CCn1ncc(Cl)c1C(=O)N[C@H]1CN(CCCOC)C[C@@H]1C1CC1. The summed E-state index contributed by atoms with van der Waals surface area (Å²) in [6.07, 6.45) is 5.15. The third-order valence-electron chi connectivity index (χ3n) is 5.12. The molecule has 1 aromatic rings. The fourth-order valence-electron chi connectivity index (χ4n) is 3.75. The fourth-order valence-corrected chi connectivity index (χ4v) is 3.97. The standard InChI is InChI=1S/C17H27ClN4O2/c1-3-22-16(14(18)9-19-22)17(23)20-15-11-21(7-4-8-24-2)10-13(15)12-5-6-12/h9,12-13,15H,3-8,10-11H2,1-2H3,(H,20,23)/t13-,15+/m1/s1. The number of rotatable bonds is 8. The smallest absolute Gasteiger partial charge is 0.271 e. The molecule has 0 unspecified atom stereocenters. The second kappa shape index (κ2) is 7.85. The number of nitrogens with one attached hydrogen (secondary N) is 1. The van der Waals surface area contributed by atoms with Crippen LogP contribution in [0, 0.1) is 11.8 Å². The van der Waals surface area contributed by atoms with E-state index in [1.807, 2.05) is 6.92 Å². The lowest BCUT2D eigenvalue weighted by atomic mass is 9.98. The monoisotopic (exact) mass is 354 g/mol. The van der Waals surface area contributed by atoms with Crippen molar-refractivity contribution in [2.24, 2.45) is 11.8 Å². The van der Waals surface area contributed by atoms with E-state index in [4.69, 9.17) is 16.3 Å². The molecule has 2 atom stereocenters. The van der Waals surface area contributed by atoms with Crippen LogP contribution >= 0.6 is 11.6 Å². The van der Waals surface area contributed by atoms with Gasteiger partial charge in [-0.1, -0.05) is 11.6 Å². The summed E-state index contributed by atoms with van der Waals surface area (Å²) in [6.45, 7) is 6.38. The molecule has 0 radical (unpaired) electrons. The molecule has 6 nitrogen and oxygen atoms in total. The molecule has 1 N–H and O–H groups in total. The van der Waals surface area contributed by atoms with E-state index in [0.717, 1.165) is 38.6 Å². The van der Waals surface area contributed by atoms with Gasteiger partial charge in [0.1, 0.15) is 5.69 Å². The average Bonchev–Trinajstić information content (AvgIpc) is 3.23. The summed E-state index contributed by atoms with van der Waals surface area (Å²) in [5.74, 6) is 1.20. The van der Waals surface area contributed by atoms with E-state index >= 15 is 0 Å². The molecule has 0 bridgehead atoms. The van der Waals surface area contributed by atoms with Crippen molar-refractivity contribution in [2.45, 2.75) is 38.8 Å². The number of carbonyl (C=O) groups excluding carboxylic acids is 1. The van der Waals surface area contributed by atoms with Gasteiger partial charge in [0.05, 0.1) is 11.2 Å². The Balaban J connectivity index is 1.63. The van der Waals surface area contributed by atoms with E-state index in [1.165, 1.54) is 12.8 Å². The maximum Gasteiger partial charge on any atom is 0.271 e. The zero-order valence-electron chi connectivity index (χ0n) is 14.5. The summed E-state index contributed by atoms with van der Waals surface area (Å²) in [5, 5.41) is 7.82. The van der Waals surface area contributed by atoms with Gasteiger partial charge in [-0.25, -0.2) is 0 Å². The van der Waals surface area contributed by atoms with Gasteiger partial charge in [0.25, 0.3) is 5.91 Å². The second-order valence-electron chi connectivity index (χ2n) is 6.84. The first kappa shape index (κ1) is 17.7. The Labute approximate surface area is 148 Å². The van der Waals surface area contributed by atoms with Crippen LogP contribution in [0.2, 0.25) is 5.02 Å². The molecule has 0 aromatic carbocycles. The average molecular weight is 355 g/mol. The summed E-state index contributed by atoms with van der Waals surface area (Å²) in [4.78, 5) is 15.2. The normalized spacial score (nSPS) is 24.5. The number of ether oxygens (including phenoxy) is 1. The van der Waals surface area contributed by atoms with Crippen molar-refractivity contribution in [3.63, 3.8) is 0 Å². The van der Waals surface area contributed by atoms with Crippen molar-refractivity contribution < 1.29 is 9.53 Å². The number of carbonyl (C=O) groups is 1. The second-order valence-corrected chi connectivity index (χ2v) is 7.25. The minimum atomic E-state index is -0.103. The van der Waals surface area contributed by atoms with Gasteiger partial charge in [0.15, 0.2) is 0 Å². The number of aryl methyl sites for hydroxylation is 1. The van der Waals surface area contributed by atoms with Crippen molar-refractivity contribution in [1.82, 2.24) is 20.0 Å². The van der Waals surface area contributed by atoms with E-state index in [1.54, 1.807) is 18.0 Å². The van der Waals surface area contributed by atoms with Gasteiger partial charge in [0.2, 0.25) is 0 Å². The Morgan fingerprint density at radius 3 is 2.92 bits per heavy atom. The third kappa shape index (κ3) is 3.92. The highest BCUT2D eigenvalue weighted by Crippen LogP contribution is 2.41. The van der Waals surface area contributed by atoms with Crippen LogP contribution in [-0.2, 0) is 11.3 Å². The molecule has 7 heteroatoms. The molecule has 3 rings (SSSR count). The Hall–Kier alpha value is -1.11. The van der Waals surface area contributed by atoms with Gasteiger partial charge in [-0.15, -0.1) is 0 Å². The number of nitrogens with zero attached hydrogens (tertiary/aromatic N) is 3. The molecule has 1 aliphatic heterocycles. The lowest BCUT2D eigenvalue weighted by molar-refractivity contribution is 0.0917. The molecule has 2 aliphatic rings. The first-order chi connectivity index (χ1) is 11.6. The molecule has 134 valence electrons. The molecule has 1 aliphatic carbocycles. The molecule has 1 amide bonds. The third-order valence-corrected chi connectivity index (χ3v) is 5.39. The van der Waals surface area contributed by atoms with E-state index in [2.05, 4.69) is 15.3 Å². The summed E-state index contributed by atoms with van der Waals surface area (Å²) in [5.41, 5.74) is 0.478. The van der Waals surface area contributed by atoms with Crippen LogP contribution in [0.3, 0.4) is 0 Å². The maximum absolute atomic E-state index is 12.7.